The SMILES string of the molecule is Cc1ccc(C)c(C(=O)NC(CBr)c2ccccc2)c1. The van der Waals surface area contributed by atoms with E-state index in [-0.39, 0.29) is 11.9 Å². The number of hydrogen-bond acceptors (Lipinski definition) is 1. The summed E-state index contributed by atoms with van der Waals surface area (Å²) in [4.78, 5) is 12.4. The monoisotopic (exact) mass is 331 g/mol. The molecule has 3 heteroatoms. The summed E-state index contributed by atoms with van der Waals surface area (Å²) in [7, 11) is 0. The standard InChI is InChI=1S/C17H18BrNO/c1-12-8-9-13(2)15(10-12)17(20)19-16(11-18)14-6-4-3-5-7-14/h3-10,16H,11H2,1-2H3,(H,19,20). The zero-order valence-electron chi connectivity index (χ0n) is 11.7. The van der Waals surface area contributed by atoms with E-state index in [1.807, 2.05) is 62.4 Å². The Balaban J connectivity index is 2.20. The Labute approximate surface area is 128 Å². The first-order valence-corrected chi connectivity index (χ1v) is 7.73. The highest BCUT2D eigenvalue weighted by Crippen LogP contribution is 2.17. The van der Waals surface area contributed by atoms with Crippen molar-refractivity contribution in [3.8, 4) is 0 Å². The van der Waals surface area contributed by atoms with Crippen LogP contribution in [-0.2, 0) is 0 Å². The number of alkyl halides is 1. The third kappa shape index (κ3) is 3.48. The number of benzene rings is 2. The van der Waals surface area contributed by atoms with Crippen LogP contribution in [0.25, 0.3) is 0 Å². The maximum Gasteiger partial charge on any atom is 0.252 e. The summed E-state index contributed by atoms with van der Waals surface area (Å²) in [6, 6.07) is 15.9. The van der Waals surface area contributed by atoms with Crippen LogP contribution in [0, 0.1) is 13.8 Å². The van der Waals surface area contributed by atoms with E-state index >= 15 is 0 Å². The third-order valence-corrected chi connectivity index (χ3v) is 3.95. The highest BCUT2D eigenvalue weighted by atomic mass is 79.9. The van der Waals surface area contributed by atoms with Crippen LogP contribution < -0.4 is 5.32 Å². The number of carbonyl (C=O) groups is 1. The van der Waals surface area contributed by atoms with Crippen molar-refractivity contribution in [3.63, 3.8) is 0 Å². The average molecular weight is 332 g/mol. The summed E-state index contributed by atoms with van der Waals surface area (Å²) in [5.74, 6) is -0.0282. The van der Waals surface area contributed by atoms with Gasteiger partial charge >= 0.3 is 0 Å². The van der Waals surface area contributed by atoms with Gasteiger partial charge in [-0.2, -0.15) is 0 Å². The molecule has 0 aliphatic heterocycles. The van der Waals surface area contributed by atoms with Crippen LogP contribution >= 0.6 is 15.9 Å². The van der Waals surface area contributed by atoms with E-state index in [1.54, 1.807) is 0 Å². The predicted molar refractivity (Wildman–Crippen MR) is 86.4 cm³/mol. The van der Waals surface area contributed by atoms with Crippen LogP contribution in [0.5, 0.6) is 0 Å². The van der Waals surface area contributed by atoms with Gasteiger partial charge in [-0.3, -0.25) is 4.79 Å². The van der Waals surface area contributed by atoms with Gasteiger partial charge in [0.25, 0.3) is 5.91 Å². The second-order valence-electron chi connectivity index (χ2n) is 4.91. The zero-order chi connectivity index (χ0) is 14.5. The molecule has 0 saturated heterocycles. The summed E-state index contributed by atoms with van der Waals surface area (Å²) >= 11 is 3.47. The van der Waals surface area contributed by atoms with Gasteiger partial charge in [0.05, 0.1) is 6.04 Å². The highest BCUT2D eigenvalue weighted by Gasteiger charge is 2.15. The van der Waals surface area contributed by atoms with Gasteiger partial charge in [0.15, 0.2) is 0 Å². The van der Waals surface area contributed by atoms with Gasteiger partial charge in [-0.25, -0.2) is 0 Å². The Morgan fingerprint density at radius 2 is 1.85 bits per heavy atom. The molecule has 0 aromatic heterocycles. The van der Waals surface area contributed by atoms with Crippen molar-refractivity contribution in [2.75, 3.05) is 5.33 Å². The number of aryl methyl sites for hydroxylation is 2. The van der Waals surface area contributed by atoms with Gasteiger partial charge in [0.2, 0.25) is 0 Å². The number of amides is 1. The fourth-order valence-electron chi connectivity index (χ4n) is 2.11. The van der Waals surface area contributed by atoms with Gasteiger partial charge in [-0.15, -0.1) is 0 Å². The van der Waals surface area contributed by atoms with E-state index in [0.717, 1.165) is 22.3 Å². The number of carbonyl (C=O) groups excluding carboxylic acids is 1. The number of nitrogens with one attached hydrogen (secondary N) is 1. The molecular weight excluding hydrogens is 314 g/mol. The predicted octanol–water partition coefficient (Wildman–Crippen LogP) is 4.17. The lowest BCUT2D eigenvalue weighted by Crippen LogP contribution is -2.30. The molecule has 2 rings (SSSR count). The maximum atomic E-state index is 12.4. The number of rotatable bonds is 4. The fourth-order valence-corrected chi connectivity index (χ4v) is 2.65. The Morgan fingerprint density at radius 3 is 2.50 bits per heavy atom. The topological polar surface area (TPSA) is 29.1 Å². The van der Waals surface area contributed by atoms with E-state index < -0.39 is 0 Å². The molecule has 0 radical (unpaired) electrons. The minimum absolute atomic E-state index is 0.0244. The molecule has 0 aliphatic carbocycles. The summed E-state index contributed by atoms with van der Waals surface area (Å²) in [6.45, 7) is 3.95. The molecule has 2 aromatic carbocycles. The second kappa shape index (κ2) is 6.71. The summed E-state index contributed by atoms with van der Waals surface area (Å²) in [5.41, 5.74) is 3.93. The zero-order valence-corrected chi connectivity index (χ0v) is 13.3. The average Bonchev–Trinajstić information content (AvgIpc) is 2.48. The smallest absolute Gasteiger partial charge is 0.252 e. The summed E-state index contributed by atoms with van der Waals surface area (Å²) < 4.78 is 0. The molecule has 1 unspecified atom stereocenters. The molecule has 0 aliphatic rings. The van der Waals surface area contributed by atoms with Crippen LogP contribution in [-0.4, -0.2) is 11.2 Å². The van der Waals surface area contributed by atoms with Crippen molar-refractivity contribution < 1.29 is 4.79 Å². The molecule has 0 bridgehead atoms. The fraction of sp³-hybridized carbons (Fsp3) is 0.235. The van der Waals surface area contributed by atoms with Crippen LogP contribution in [0.3, 0.4) is 0 Å². The first-order chi connectivity index (χ1) is 9.61. The van der Waals surface area contributed by atoms with E-state index in [2.05, 4.69) is 21.2 Å². The minimum atomic E-state index is -0.0282. The molecule has 0 fully saturated rings. The van der Waals surface area contributed by atoms with Gasteiger partial charge in [-0.1, -0.05) is 64.0 Å². The molecule has 2 aromatic rings. The van der Waals surface area contributed by atoms with Crippen molar-refractivity contribution in [3.05, 3.63) is 70.8 Å². The first-order valence-electron chi connectivity index (χ1n) is 6.61. The number of hydrogen-bond donors (Lipinski definition) is 1. The van der Waals surface area contributed by atoms with Crippen LogP contribution in [0.2, 0.25) is 0 Å². The van der Waals surface area contributed by atoms with Gasteiger partial charge in [0.1, 0.15) is 0 Å². The molecule has 0 saturated carbocycles. The van der Waals surface area contributed by atoms with Crippen LogP contribution in [0.15, 0.2) is 48.5 Å². The normalized spacial score (nSPS) is 11.9. The lowest BCUT2D eigenvalue weighted by molar-refractivity contribution is 0.0940. The lowest BCUT2D eigenvalue weighted by Gasteiger charge is -2.17. The van der Waals surface area contributed by atoms with E-state index in [0.29, 0.717) is 5.33 Å². The Hall–Kier alpha value is -1.61. The molecule has 0 spiro atoms. The molecule has 1 N–H and O–H groups in total. The Kier molecular flexibility index (Phi) is 4.96. The van der Waals surface area contributed by atoms with Crippen LogP contribution in [0.1, 0.15) is 33.1 Å². The molecule has 2 nitrogen and oxygen atoms in total. The summed E-state index contributed by atoms with van der Waals surface area (Å²) in [6.07, 6.45) is 0. The molecule has 1 atom stereocenters. The van der Waals surface area contributed by atoms with E-state index in [9.17, 15) is 4.79 Å². The lowest BCUT2D eigenvalue weighted by atomic mass is 10.0. The van der Waals surface area contributed by atoms with Gasteiger partial charge < -0.3 is 5.32 Å². The molecular formula is C17H18BrNO. The van der Waals surface area contributed by atoms with Gasteiger partial charge in [-0.05, 0) is 31.0 Å². The van der Waals surface area contributed by atoms with E-state index in [4.69, 9.17) is 0 Å². The number of halogens is 1. The van der Waals surface area contributed by atoms with Crippen molar-refractivity contribution in [1.82, 2.24) is 5.32 Å². The largest absolute Gasteiger partial charge is 0.344 e. The Morgan fingerprint density at radius 1 is 1.15 bits per heavy atom. The minimum Gasteiger partial charge on any atom is -0.344 e. The second-order valence-corrected chi connectivity index (χ2v) is 5.56. The van der Waals surface area contributed by atoms with Crippen molar-refractivity contribution in [2.45, 2.75) is 19.9 Å². The van der Waals surface area contributed by atoms with Crippen LogP contribution in [0.4, 0.5) is 0 Å². The summed E-state index contributed by atoms with van der Waals surface area (Å²) in [5, 5.41) is 3.77. The maximum absolute atomic E-state index is 12.4. The Bertz CT molecular complexity index is 595. The van der Waals surface area contributed by atoms with E-state index in [1.165, 1.54) is 0 Å². The van der Waals surface area contributed by atoms with Crippen molar-refractivity contribution >= 4 is 21.8 Å². The third-order valence-electron chi connectivity index (χ3n) is 3.30. The molecule has 1 amide bonds. The van der Waals surface area contributed by atoms with Crippen molar-refractivity contribution in [2.24, 2.45) is 0 Å². The van der Waals surface area contributed by atoms with Crippen molar-refractivity contribution in [1.29, 1.82) is 0 Å². The highest BCUT2D eigenvalue weighted by molar-refractivity contribution is 9.09. The molecule has 104 valence electrons. The molecule has 0 heterocycles. The van der Waals surface area contributed by atoms with Gasteiger partial charge in [0, 0.05) is 10.9 Å². The quantitative estimate of drug-likeness (QED) is 0.837. The molecule has 20 heavy (non-hydrogen) atoms. The first kappa shape index (κ1) is 14.8.